The molecule has 5 nitrogen and oxygen atoms in total. The fourth-order valence-electron chi connectivity index (χ4n) is 0.176. The van der Waals surface area contributed by atoms with Crippen molar-refractivity contribution in [1.29, 1.82) is 0 Å². The summed E-state index contributed by atoms with van der Waals surface area (Å²) in [7, 11) is -4.32. The van der Waals surface area contributed by atoms with E-state index in [0.717, 1.165) is 0 Å². The summed E-state index contributed by atoms with van der Waals surface area (Å²) in [5.74, 6) is -1.49. The zero-order chi connectivity index (χ0) is 6.78. The SMILES string of the molecule is O=[13C](O)CP(=O)(O)O. The molecular formula is C2H5O5P. The molecule has 6 heteroatoms. The maximum Gasteiger partial charge on any atom is 0.336 e. The Morgan fingerprint density at radius 1 is 1.50 bits per heavy atom. The predicted molar refractivity (Wildman–Crippen MR) is 24.5 cm³/mol. The Balaban J connectivity index is 3.74. The summed E-state index contributed by atoms with van der Waals surface area (Å²) >= 11 is 0. The lowest BCUT2D eigenvalue weighted by Gasteiger charge is -1.95. The second kappa shape index (κ2) is 2.26. The molecule has 48 valence electrons. The van der Waals surface area contributed by atoms with Crippen LogP contribution in [0.5, 0.6) is 0 Å². The van der Waals surface area contributed by atoms with E-state index in [1.165, 1.54) is 0 Å². The Labute approximate surface area is 45.1 Å². The maximum absolute atomic E-state index is 9.76. The molecule has 0 aromatic carbocycles. The van der Waals surface area contributed by atoms with Gasteiger partial charge in [0.15, 0.2) is 0 Å². The molecule has 0 bridgehead atoms. The van der Waals surface area contributed by atoms with Crippen molar-refractivity contribution in [3.63, 3.8) is 0 Å². The van der Waals surface area contributed by atoms with Gasteiger partial charge in [0.1, 0.15) is 6.16 Å². The van der Waals surface area contributed by atoms with Gasteiger partial charge in [0.05, 0.1) is 0 Å². The summed E-state index contributed by atoms with van der Waals surface area (Å²) in [6, 6.07) is 0. The number of aliphatic carboxylic acids is 1. The van der Waals surface area contributed by atoms with Crippen LogP contribution in [0.4, 0.5) is 0 Å². The molecule has 0 unspecified atom stereocenters. The molecule has 0 aromatic rings. The molecule has 0 saturated carbocycles. The third-order valence-corrected chi connectivity index (χ3v) is 1.02. The first-order valence-corrected chi connectivity index (χ1v) is 3.48. The van der Waals surface area contributed by atoms with E-state index in [1.54, 1.807) is 0 Å². The molecule has 0 spiro atoms. The Hall–Kier alpha value is -0.380. The van der Waals surface area contributed by atoms with Crippen molar-refractivity contribution in [2.45, 2.75) is 0 Å². The molecule has 0 heterocycles. The number of hydrogen-bond acceptors (Lipinski definition) is 2. The first-order valence-electron chi connectivity index (χ1n) is 1.68. The van der Waals surface area contributed by atoms with Crippen molar-refractivity contribution in [3.05, 3.63) is 0 Å². The van der Waals surface area contributed by atoms with E-state index in [0.29, 0.717) is 0 Å². The average Bonchev–Trinajstić information content (AvgIpc) is 1.21. The van der Waals surface area contributed by atoms with E-state index in [1.807, 2.05) is 0 Å². The zero-order valence-corrected chi connectivity index (χ0v) is 4.71. The van der Waals surface area contributed by atoms with E-state index in [9.17, 15) is 9.36 Å². The van der Waals surface area contributed by atoms with Gasteiger partial charge in [-0.2, -0.15) is 0 Å². The number of carboxylic acid groups (broad SMARTS) is 1. The van der Waals surface area contributed by atoms with Gasteiger partial charge in [0.25, 0.3) is 0 Å². The largest absolute Gasteiger partial charge is 0.481 e. The van der Waals surface area contributed by atoms with Crippen molar-refractivity contribution in [1.82, 2.24) is 0 Å². The van der Waals surface area contributed by atoms with Crippen LogP contribution < -0.4 is 0 Å². The molecule has 0 saturated heterocycles. The molecule has 0 aliphatic heterocycles. The molecule has 0 aliphatic rings. The first kappa shape index (κ1) is 7.62. The van der Waals surface area contributed by atoms with Gasteiger partial charge in [-0.25, -0.2) is 0 Å². The minimum Gasteiger partial charge on any atom is -0.481 e. The average molecular weight is 141 g/mol. The summed E-state index contributed by atoms with van der Waals surface area (Å²) < 4.78 is 9.76. The molecule has 8 heavy (non-hydrogen) atoms. The molecule has 0 fully saturated rings. The van der Waals surface area contributed by atoms with E-state index >= 15 is 0 Å². The third kappa shape index (κ3) is 5.62. The van der Waals surface area contributed by atoms with Crippen LogP contribution in [-0.4, -0.2) is 27.0 Å². The number of rotatable bonds is 2. The number of carbonyl (C=O) groups is 1. The monoisotopic (exact) mass is 141 g/mol. The highest BCUT2D eigenvalue weighted by molar-refractivity contribution is 7.52. The number of hydrogen-bond donors (Lipinski definition) is 3. The molecule has 0 amide bonds. The topological polar surface area (TPSA) is 94.8 Å². The van der Waals surface area contributed by atoms with Gasteiger partial charge < -0.3 is 14.9 Å². The van der Waals surface area contributed by atoms with Gasteiger partial charge in [-0.15, -0.1) is 0 Å². The van der Waals surface area contributed by atoms with E-state index in [4.69, 9.17) is 14.9 Å². The molecule has 3 N–H and O–H groups in total. The summed E-state index contributed by atoms with van der Waals surface area (Å²) in [4.78, 5) is 25.4. The highest BCUT2D eigenvalue weighted by Crippen LogP contribution is 2.33. The van der Waals surface area contributed by atoms with Crippen molar-refractivity contribution >= 4 is 13.6 Å². The van der Waals surface area contributed by atoms with E-state index in [2.05, 4.69) is 0 Å². The van der Waals surface area contributed by atoms with Gasteiger partial charge in [-0.1, -0.05) is 0 Å². The number of carboxylic acids is 1. The highest BCUT2D eigenvalue weighted by atomic mass is 31.2. The van der Waals surface area contributed by atoms with Crippen LogP contribution in [0, 0.1) is 0 Å². The lowest BCUT2D eigenvalue weighted by molar-refractivity contribution is -0.134. The Morgan fingerprint density at radius 2 is 1.88 bits per heavy atom. The van der Waals surface area contributed by atoms with Crippen LogP contribution in [0.15, 0.2) is 0 Å². The fourth-order valence-corrected chi connectivity index (χ4v) is 0.529. The Morgan fingerprint density at radius 3 is 1.88 bits per heavy atom. The van der Waals surface area contributed by atoms with Crippen LogP contribution in [0.1, 0.15) is 0 Å². The zero-order valence-electron chi connectivity index (χ0n) is 3.81. The smallest absolute Gasteiger partial charge is 0.336 e. The Bertz CT molecular complexity index is 133. The summed E-state index contributed by atoms with van der Waals surface area (Å²) in [5.41, 5.74) is 0. The minimum absolute atomic E-state index is 1.09. The minimum atomic E-state index is -4.32. The van der Waals surface area contributed by atoms with Gasteiger partial charge in [0.2, 0.25) is 0 Å². The lowest BCUT2D eigenvalue weighted by atomic mass is 11.3. The summed E-state index contributed by atoms with van der Waals surface area (Å²) in [6.07, 6.45) is -1.09. The van der Waals surface area contributed by atoms with Crippen LogP contribution in [0.3, 0.4) is 0 Å². The van der Waals surface area contributed by atoms with Crippen molar-refractivity contribution in [3.8, 4) is 0 Å². The second-order valence-electron chi connectivity index (χ2n) is 1.22. The third-order valence-electron chi connectivity index (χ3n) is 0.341. The van der Waals surface area contributed by atoms with E-state index in [-0.39, 0.29) is 0 Å². The fraction of sp³-hybridized carbons (Fsp3) is 0.500. The van der Waals surface area contributed by atoms with E-state index < -0.39 is 19.7 Å². The van der Waals surface area contributed by atoms with Gasteiger partial charge in [0, 0.05) is 0 Å². The van der Waals surface area contributed by atoms with Crippen molar-refractivity contribution in [2.24, 2.45) is 0 Å². The van der Waals surface area contributed by atoms with Gasteiger partial charge >= 0.3 is 13.6 Å². The summed E-state index contributed by atoms with van der Waals surface area (Å²) in [6.45, 7) is 0. The van der Waals surface area contributed by atoms with Crippen LogP contribution in [0.2, 0.25) is 0 Å². The predicted octanol–water partition coefficient (Wildman–Crippen LogP) is -0.751. The van der Waals surface area contributed by atoms with Crippen molar-refractivity contribution < 1.29 is 24.3 Å². The van der Waals surface area contributed by atoms with Gasteiger partial charge in [-0.05, 0) is 0 Å². The second-order valence-corrected chi connectivity index (χ2v) is 2.86. The van der Waals surface area contributed by atoms with Crippen LogP contribution in [0.25, 0.3) is 0 Å². The van der Waals surface area contributed by atoms with Gasteiger partial charge in [-0.3, -0.25) is 9.36 Å². The highest BCUT2D eigenvalue weighted by Gasteiger charge is 2.17. The molecule has 0 rings (SSSR count). The standard InChI is InChI=1S/C2H5O5P/c3-2(4)1-8(5,6)7/h1H2,(H,3,4)(H2,5,6,7)/i2+1. The van der Waals surface area contributed by atoms with Crippen molar-refractivity contribution in [2.75, 3.05) is 6.16 Å². The molecule has 0 aromatic heterocycles. The lowest BCUT2D eigenvalue weighted by Crippen LogP contribution is -2.01. The summed E-state index contributed by atoms with van der Waals surface area (Å²) in [5, 5.41) is 7.76. The Kier molecular flexibility index (Phi) is 2.15. The maximum atomic E-state index is 9.76. The van der Waals surface area contributed by atoms with Crippen LogP contribution >= 0.6 is 7.60 Å². The normalized spacial score (nSPS) is 11.2. The molecule has 0 radical (unpaired) electrons. The molecular weight excluding hydrogens is 136 g/mol. The quantitative estimate of drug-likeness (QED) is 0.347. The first-order chi connectivity index (χ1) is 3.42. The van der Waals surface area contributed by atoms with Crippen LogP contribution in [-0.2, 0) is 9.36 Å². The molecule has 0 aliphatic carbocycles. The molecule has 0 atom stereocenters.